The number of carbonyl (C=O) groups is 1. The van der Waals surface area contributed by atoms with Crippen molar-refractivity contribution in [3.05, 3.63) is 36.0 Å². The Labute approximate surface area is 117 Å². The lowest BCUT2D eigenvalue weighted by Gasteiger charge is -2.05. The van der Waals surface area contributed by atoms with Gasteiger partial charge in [0.1, 0.15) is 0 Å². The molecule has 0 aliphatic heterocycles. The third-order valence-electron chi connectivity index (χ3n) is 3.29. The van der Waals surface area contributed by atoms with Gasteiger partial charge in [-0.1, -0.05) is 36.3 Å². The lowest BCUT2D eigenvalue weighted by atomic mass is 10.0. The Balaban J connectivity index is 3.82. The van der Waals surface area contributed by atoms with Crippen molar-refractivity contribution in [3.63, 3.8) is 0 Å². The van der Waals surface area contributed by atoms with E-state index in [1.165, 1.54) is 11.1 Å². The monoisotopic (exact) mass is 264 g/mol. The molecule has 0 fully saturated rings. The largest absolute Gasteiger partial charge is 0.481 e. The SMILES string of the molecule is C=CCC=C(C)CCCC(C)=CCCC(C)C(=O)O. The molecule has 0 spiro atoms. The van der Waals surface area contributed by atoms with Crippen LogP contribution in [-0.2, 0) is 4.79 Å². The number of allylic oxidation sites excluding steroid dienone is 5. The standard InChI is InChI=1S/C17H28O2/c1-5-6-9-14(2)10-7-11-15(3)12-8-13-16(4)17(18)19/h5,9,12,16H,1,6-8,10-11,13H2,2-4H3,(H,18,19). The third kappa shape index (κ3) is 10.3. The summed E-state index contributed by atoms with van der Waals surface area (Å²) in [7, 11) is 0. The second kappa shape index (κ2) is 10.6. The third-order valence-corrected chi connectivity index (χ3v) is 3.29. The first-order valence-corrected chi connectivity index (χ1v) is 7.12. The minimum Gasteiger partial charge on any atom is -0.481 e. The maximum absolute atomic E-state index is 10.7. The summed E-state index contributed by atoms with van der Waals surface area (Å²) in [5.74, 6) is -0.942. The number of hydrogen-bond donors (Lipinski definition) is 1. The van der Waals surface area contributed by atoms with Crippen LogP contribution in [0.3, 0.4) is 0 Å². The Morgan fingerprint density at radius 1 is 1.21 bits per heavy atom. The fourth-order valence-corrected chi connectivity index (χ4v) is 1.84. The van der Waals surface area contributed by atoms with Crippen LogP contribution in [-0.4, -0.2) is 11.1 Å². The van der Waals surface area contributed by atoms with Crippen molar-refractivity contribution >= 4 is 5.97 Å². The summed E-state index contributed by atoms with van der Waals surface area (Å²) in [5, 5.41) is 8.79. The van der Waals surface area contributed by atoms with Gasteiger partial charge in [0.25, 0.3) is 0 Å². The molecule has 0 aromatic rings. The Bertz CT molecular complexity index is 337. The van der Waals surface area contributed by atoms with Crippen molar-refractivity contribution in [1.29, 1.82) is 0 Å². The highest BCUT2D eigenvalue weighted by molar-refractivity contribution is 5.69. The first-order valence-electron chi connectivity index (χ1n) is 7.12. The van der Waals surface area contributed by atoms with Crippen LogP contribution in [0.5, 0.6) is 0 Å². The van der Waals surface area contributed by atoms with Gasteiger partial charge in [0.2, 0.25) is 0 Å². The molecule has 0 bridgehead atoms. The molecular weight excluding hydrogens is 236 g/mol. The van der Waals surface area contributed by atoms with E-state index in [0.717, 1.165) is 38.5 Å². The van der Waals surface area contributed by atoms with E-state index in [1.807, 2.05) is 6.08 Å². The minimum absolute atomic E-state index is 0.242. The normalized spacial score (nSPS) is 14.3. The Hall–Kier alpha value is -1.31. The highest BCUT2D eigenvalue weighted by Gasteiger charge is 2.08. The second-order valence-electron chi connectivity index (χ2n) is 5.30. The zero-order valence-corrected chi connectivity index (χ0v) is 12.6. The maximum atomic E-state index is 10.7. The lowest BCUT2D eigenvalue weighted by Crippen LogP contribution is -2.08. The molecule has 0 amide bonds. The average Bonchev–Trinajstić information content (AvgIpc) is 2.36. The molecule has 0 heterocycles. The quantitative estimate of drug-likeness (QED) is 0.556. The van der Waals surface area contributed by atoms with Crippen LogP contribution < -0.4 is 0 Å². The van der Waals surface area contributed by atoms with Crippen molar-refractivity contribution in [1.82, 2.24) is 0 Å². The zero-order chi connectivity index (χ0) is 14.7. The van der Waals surface area contributed by atoms with E-state index in [0.29, 0.717) is 0 Å². The van der Waals surface area contributed by atoms with E-state index in [-0.39, 0.29) is 5.92 Å². The van der Waals surface area contributed by atoms with Crippen molar-refractivity contribution in [2.75, 3.05) is 0 Å². The van der Waals surface area contributed by atoms with Crippen molar-refractivity contribution in [2.45, 2.75) is 59.3 Å². The van der Waals surface area contributed by atoms with E-state index in [2.05, 4.69) is 32.6 Å². The van der Waals surface area contributed by atoms with E-state index in [9.17, 15) is 4.79 Å². The van der Waals surface area contributed by atoms with Gasteiger partial charge in [-0.2, -0.15) is 0 Å². The van der Waals surface area contributed by atoms with Crippen LogP contribution in [0.25, 0.3) is 0 Å². The second-order valence-corrected chi connectivity index (χ2v) is 5.30. The van der Waals surface area contributed by atoms with Crippen molar-refractivity contribution in [2.24, 2.45) is 5.92 Å². The van der Waals surface area contributed by atoms with E-state index >= 15 is 0 Å². The van der Waals surface area contributed by atoms with Crippen molar-refractivity contribution in [3.8, 4) is 0 Å². The van der Waals surface area contributed by atoms with Crippen LogP contribution in [0, 0.1) is 5.92 Å². The molecule has 0 aliphatic rings. The van der Waals surface area contributed by atoms with Crippen LogP contribution in [0.2, 0.25) is 0 Å². The molecule has 1 unspecified atom stereocenters. The Morgan fingerprint density at radius 3 is 2.32 bits per heavy atom. The van der Waals surface area contributed by atoms with E-state index in [4.69, 9.17) is 5.11 Å². The molecule has 0 radical (unpaired) electrons. The predicted octanol–water partition coefficient (Wildman–Crippen LogP) is 5.13. The van der Waals surface area contributed by atoms with Gasteiger partial charge in [0.15, 0.2) is 0 Å². The van der Waals surface area contributed by atoms with Gasteiger partial charge in [0, 0.05) is 0 Å². The minimum atomic E-state index is -0.700. The fraction of sp³-hybridized carbons (Fsp3) is 0.588. The lowest BCUT2D eigenvalue weighted by molar-refractivity contribution is -0.141. The summed E-state index contributed by atoms with van der Waals surface area (Å²) < 4.78 is 0. The molecule has 1 N–H and O–H groups in total. The predicted molar refractivity (Wildman–Crippen MR) is 82.2 cm³/mol. The van der Waals surface area contributed by atoms with Crippen molar-refractivity contribution < 1.29 is 9.90 Å². The van der Waals surface area contributed by atoms with Gasteiger partial charge >= 0.3 is 5.97 Å². The number of carboxylic acids is 1. The fourth-order valence-electron chi connectivity index (χ4n) is 1.84. The Kier molecular flexibility index (Phi) is 9.87. The molecule has 0 rings (SSSR count). The molecule has 0 aromatic carbocycles. The Morgan fingerprint density at radius 2 is 1.79 bits per heavy atom. The van der Waals surface area contributed by atoms with Gasteiger partial charge in [-0.3, -0.25) is 4.79 Å². The smallest absolute Gasteiger partial charge is 0.306 e. The van der Waals surface area contributed by atoms with Gasteiger partial charge in [0.05, 0.1) is 5.92 Å². The van der Waals surface area contributed by atoms with Gasteiger partial charge in [-0.15, -0.1) is 6.58 Å². The number of hydrogen-bond acceptors (Lipinski definition) is 1. The summed E-state index contributed by atoms with van der Waals surface area (Å²) in [6.45, 7) is 9.77. The molecule has 1 atom stereocenters. The molecule has 2 heteroatoms. The van der Waals surface area contributed by atoms with Crippen LogP contribution in [0.4, 0.5) is 0 Å². The van der Waals surface area contributed by atoms with Crippen LogP contribution in [0.1, 0.15) is 59.3 Å². The molecular formula is C17H28O2. The molecule has 0 aliphatic carbocycles. The summed E-state index contributed by atoms with van der Waals surface area (Å²) in [5.41, 5.74) is 2.79. The molecule has 0 saturated carbocycles. The number of rotatable bonds is 10. The van der Waals surface area contributed by atoms with E-state index < -0.39 is 5.97 Å². The zero-order valence-electron chi connectivity index (χ0n) is 12.6. The highest BCUT2D eigenvalue weighted by atomic mass is 16.4. The number of carboxylic acid groups (broad SMARTS) is 1. The van der Waals surface area contributed by atoms with Crippen LogP contribution in [0.15, 0.2) is 36.0 Å². The summed E-state index contributed by atoms with van der Waals surface area (Å²) in [6.07, 6.45) is 12.3. The summed E-state index contributed by atoms with van der Waals surface area (Å²) >= 11 is 0. The van der Waals surface area contributed by atoms with Gasteiger partial charge < -0.3 is 5.11 Å². The van der Waals surface area contributed by atoms with E-state index in [1.54, 1.807) is 6.92 Å². The molecule has 19 heavy (non-hydrogen) atoms. The molecule has 0 saturated heterocycles. The highest BCUT2D eigenvalue weighted by Crippen LogP contribution is 2.14. The maximum Gasteiger partial charge on any atom is 0.306 e. The first-order chi connectivity index (χ1) is 8.97. The first kappa shape index (κ1) is 17.7. The van der Waals surface area contributed by atoms with Crippen LogP contribution >= 0.6 is 0 Å². The molecule has 108 valence electrons. The van der Waals surface area contributed by atoms with Gasteiger partial charge in [-0.25, -0.2) is 0 Å². The topological polar surface area (TPSA) is 37.3 Å². The summed E-state index contributed by atoms with van der Waals surface area (Å²) in [6, 6.07) is 0. The molecule has 0 aromatic heterocycles. The number of aliphatic carboxylic acids is 1. The summed E-state index contributed by atoms with van der Waals surface area (Å²) in [4.78, 5) is 10.7. The average molecular weight is 264 g/mol. The molecule has 2 nitrogen and oxygen atoms in total. The van der Waals surface area contributed by atoms with Gasteiger partial charge in [-0.05, 0) is 52.4 Å².